The number of carbonyl (C=O) groups excluding carboxylic acids is 1. The molecule has 1 aliphatic rings. The van der Waals surface area contributed by atoms with Gasteiger partial charge >= 0.3 is 0 Å². The molecular formula is C18H22ClN5O. The van der Waals surface area contributed by atoms with Crippen LogP contribution in [0, 0.1) is 0 Å². The number of hydrogen-bond acceptors (Lipinski definition) is 5. The molecule has 6 nitrogen and oxygen atoms in total. The molecule has 0 aliphatic carbocycles. The van der Waals surface area contributed by atoms with Crippen LogP contribution in [0.3, 0.4) is 0 Å². The van der Waals surface area contributed by atoms with Crippen molar-refractivity contribution in [1.82, 2.24) is 20.4 Å². The Kier molecular flexibility index (Phi) is 6.19. The van der Waals surface area contributed by atoms with E-state index in [-0.39, 0.29) is 11.1 Å². The van der Waals surface area contributed by atoms with Gasteiger partial charge in [0.25, 0.3) is 5.91 Å². The van der Waals surface area contributed by atoms with Crippen molar-refractivity contribution in [3.05, 3.63) is 53.3 Å². The van der Waals surface area contributed by atoms with E-state index in [4.69, 9.17) is 11.6 Å². The van der Waals surface area contributed by atoms with Crippen LogP contribution in [0.4, 0.5) is 5.69 Å². The molecule has 0 saturated carbocycles. The van der Waals surface area contributed by atoms with Gasteiger partial charge in [0, 0.05) is 38.4 Å². The molecule has 0 spiro atoms. The maximum Gasteiger partial charge on any atom is 0.271 e. The Labute approximate surface area is 152 Å². The van der Waals surface area contributed by atoms with Gasteiger partial charge in [-0.1, -0.05) is 29.8 Å². The topological polar surface area (TPSA) is 61.4 Å². The second kappa shape index (κ2) is 8.78. The van der Waals surface area contributed by atoms with Gasteiger partial charge in [-0.05, 0) is 37.2 Å². The number of nitrogens with zero attached hydrogens (tertiary/aromatic N) is 4. The summed E-state index contributed by atoms with van der Waals surface area (Å²) in [4.78, 5) is 16.8. The first-order valence-electron chi connectivity index (χ1n) is 8.52. The molecular weight excluding hydrogens is 338 g/mol. The average molecular weight is 360 g/mol. The van der Waals surface area contributed by atoms with Gasteiger partial charge in [-0.2, -0.15) is 0 Å². The van der Waals surface area contributed by atoms with E-state index in [9.17, 15) is 4.79 Å². The van der Waals surface area contributed by atoms with Crippen molar-refractivity contribution in [1.29, 1.82) is 0 Å². The zero-order valence-electron chi connectivity index (χ0n) is 14.1. The SMILES string of the molecule is O=C(NCCCN1CCN(c2ccccc2)CC1)c1ccc(Cl)nn1. The zero-order chi connectivity index (χ0) is 17.5. The summed E-state index contributed by atoms with van der Waals surface area (Å²) in [5.74, 6) is -0.210. The molecule has 2 heterocycles. The fourth-order valence-electron chi connectivity index (χ4n) is 2.90. The molecule has 0 radical (unpaired) electrons. The van der Waals surface area contributed by atoms with Gasteiger partial charge in [0.05, 0.1) is 0 Å². The molecule has 1 amide bonds. The summed E-state index contributed by atoms with van der Waals surface area (Å²) >= 11 is 5.66. The Morgan fingerprint density at radius 1 is 1.04 bits per heavy atom. The number of rotatable bonds is 6. The normalized spacial score (nSPS) is 15.2. The molecule has 0 atom stereocenters. The summed E-state index contributed by atoms with van der Waals surface area (Å²) < 4.78 is 0. The monoisotopic (exact) mass is 359 g/mol. The van der Waals surface area contributed by atoms with Crippen molar-refractivity contribution >= 4 is 23.2 Å². The van der Waals surface area contributed by atoms with Crippen LogP contribution < -0.4 is 10.2 Å². The summed E-state index contributed by atoms with van der Waals surface area (Å²) in [5.41, 5.74) is 1.58. The second-order valence-electron chi connectivity index (χ2n) is 6.01. The number of aromatic nitrogens is 2. The van der Waals surface area contributed by atoms with Crippen molar-refractivity contribution in [2.24, 2.45) is 0 Å². The minimum Gasteiger partial charge on any atom is -0.369 e. The predicted molar refractivity (Wildman–Crippen MR) is 99.1 cm³/mol. The van der Waals surface area contributed by atoms with Gasteiger partial charge in [0.1, 0.15) is 0 Å². The van der Waals surface area contributed by atoms with Crippen molar-refractivity contribution in [3.8, 4) is 0 Å². The van der Waals surface area contributed by atoms with Crippen LogP contribution in [-0.2, 0) is 0 Å². The van der Waals surface area contributed by atoms with Gasteiger partial charge in [0.15, 0.2) is 10.8 Å². The molecule has 1 aromatic heterocycles. The first-order valence-corrected chi connectivity index (χ1v) is 8.90. The number of hydrogen-bond donors (Lipinski definition) is 1. The first kappa shape index (κ1) is 17.6. The van der Waals surface area contributed by atoms with E-state index in [2.05, 4.69) is 49.6 Å². The smallest absolute Gasteiger partial charge is 0.271 e. The molecule has 1 saturated heterocycles. The van der Waals surface area contributed by atoms with Crippen LogP contribution in [0.2, 0.25) is 5.15 Å². The van der Waals surface area contributed by atoms with E-state index in [1.165, 1.54) is 5.69 Å². The molecule has 2 aromatic rings. The minimum atomic E-state index is -0.210. The van der Waals surface area contributed by atoms with Crippen LogP contribution in [0.5, 0.6) is 0 Å². The molecule has 1 fully saturated rings. The van der Waals surface area contributed by atoms with Crippen LogP contribution in [-0.4, -0.2) is 60.3 Å². The third-order valence-electron chi connectivity index (χ3n) is 4.29. The van der Waals surface area contributed by atoms with Gasteiger partial charge in [0.2, 0.25) is 0 Å². The summed E-state index contributed by atoms with van der Waals surface area (Å²) in [6.45, 7) is 5.78. The lowest BCUT2D eigenvalue weighted by Gasteiger charge is -2.36. The lowest BCUT2D eigenvalue weighted by Crippen LogP contribution is -2.47. The van der Waals surface area contributed by atoms with E-state index in [1.807, 2.05) is 6.07 Å². The molecule has 0 bridgehead atoms. The second-order valence-corrected chi connectivity index (χ2v) is 6.40. The van der Waals surface area contributed by atoms with E-state index in [0.717, 1.165) is 39.1 Å². The Balaban J connectivity index is 1.34. The molecule has 1 aliphatic heterocycles. The Morgan fingerprint density at radius 2 is 1.80 bits per heavy atom. The Hall–Kier alpha value is -2.18. The van der Waals surface area contributed by atoms with Gasteiger partial charge in [-0.3, -0.25) is 9.69 Å². The Morgan fingerprint density at radius 3 is 2.48 bits per heavy atom. The van der Waals surface area contributed by atoms with Crippen molar-refractivity contribution in [2.45, 2.75) is 6.42 Å². The largest absolute Gasteiger partial charge is 0.369 e. The third kappa shape index (κ3) is 5.14. The first-order chi connectivity index (χ1) is 12.2. The third-order valence-corrected chi connectivity index (χ3v) is 4.50. The number of nitrogens with one attached hydrogen (secondary N) is 1. The number of amides is 1. The molecule has 1 N–H and O–H groups in total. The average Bonchev–Trinajstić information content (AvgIpc) is 2.67. The number of piperazine rings is 1. The number of halogens is 1. The molecule has 25 heavy (non-hydrogen) atoms. The maximum atomic E-state index is 11.9. The van der Waals surface area contributed by atoms with E-state index in [1.54, 1.807) is 12.1 Å². The number of anilines is 1. The molecule has 1 aromatic carbocycles. The van der Waals surface area contributed by atoms with Gasteiger partial charge in [-0.25, -0.2) is 0 Å². The van der Waals surface area contributed by atoms with Crippen LogP contribution in [0.25, 0.3) is 0 Å². The molecule has 3 rings (SSSR count). The summed E-state index contributed by atoms with van der Waals surface area (Å²) in [7, 11) is 0. The summed E-state index contributed by atoms with van der Waals surface area (Å²) in [6.07, 6.45) is 0.915. The number of benzene rings is 1. The summed E-state index contributed by atoms with van der Waals surface area (Å²) in [6, 6.07) is 13.7. The lowest BCUT2D eigenvalue weighted by atomic mass is 10.2. The fourth-order valence-corrected chi connectivity index (χ4v) is 3.00. The molecule has 132 valence electrons. The van der Waals surface area contributed by atoms with Crippen LogP contribution in [0.1, 0.15) is 16.9 Å². The zero-order valence-corrected chi connectivity index (χ0v) is 14.8. The van der Waals surface area contributed by atoms with Gasteiger partial charge in [-0.15, -0.1) is 10.2 Å². The highest BCUT2D eigenvalue weighted by Crippen LogP contribution is 2.15. The van der Waals surface area contributed by atoms with E-state index < -0.39 is 0 Å². The van der Waals surface area contributed by atoms with Crippen LogP contribution in [0.15, 0.2) is 42.5 Å². The van der Waals surface area contributed by atoms with Crippen LogP contribution >= 0.6 is 11.6 Å². The Bertz CT molecular complexity index is 672. The highest BCUT2D eigenvalue weighted by atomic mass is 35.5. The molecule has 7 heteroatoms. The minimum absolute atomic E-state index is 0.210. The van der Waals surface area contributed by atoms with E-state index in [0.29, 0.717) is 12.2 Å². The lowest BCUT2D eigenvalue weighted by molar-refractivity contribution is 0.0945. The standard InChI is InChI=1S/C18H22ClN5O/c19-17-8-7-16(21-22-17)18(25)20-9-4-10-23-11-13-24(14-12-23)15-5-2-1-3-6-15/h1-3,5-8H,4,9-14H2,(H,20,25). The van der Waals surface area contributed by atoms with Crippen molar-refractivity contribution < 1.29 is 4.79 Å². The predicted octanol–water partition coefficient (Wildman–Crippen LogP) is 2.07. The van der Waals surface area contributed by atoms with Crippen molar-refractivity contribution in [2.75, 3.05) is 44.2 Å². The quantitative estimate of drug-likeness (QED) is 0.800. The van der Waals surface area contributed by atoms with E-state index >= 15 is 0 Å². The molecule has 0 unspecified atom stereocenters. The highest BCUT2D eigenvalue weighted by Gasteiger charge is 2.16. The fraction of sp³-hybridized carbons (Fsp3) is 0.389. The highest BCUT2D eigenvalue weighted by molar-refractivity contribution is 6.29. The maximum absolute atomic E-state index is 11.9. The summed E-state index contributed by atoms with van der Waals surface area (Å²) in [5, 5.41) is 10.6. The number of carbonyl (C=O) groups is 1. The number of para-hydroxylation sites is 1. The van der Waals surface area contributed by atoms with Gasteiger partial charge < -0.3 is 10.2 Å². The van der Waals surface area contributed by atoms with Crippen molar-refractivity contribution in [3.63, 3.8) is 0 Å².